The van der Waals surface area contributed by atoms with E-state index in [0.717, 1.165) is 74.2 Å². The Kier molecular flexibility index (Phi) is 7.76. The Balaban J connectivity index is 1.32. The van der Waals surface area contributed by atoms with Crippen molar-refractivity contribution in [3.05, 3.63) is 85.0 Å². The van der Waals surface area contributed by atoms with Crippen LogP contribution in [0.4, 0.5) is 14.5 Å². The predicted molar refractivity (Wildman–Crippen MR) is 158 cm³/mol. The van der Waals surface area contributed by atoms with Crippen LogP contribution in [0.3, 0.4) is 0 Å². The van der Waals surface area contributed by atoms with Crippen molar-refractivity contribution in [2.75, 3.05) is 43.3 Å². The van der Waals surface area contributed by atoms with Gasteiger partial charge in [-0.15, -0.1) is 0 Å². The van der Waals surface area contributed by atoms with Gasteiger partial charge in [-0.05, 0) is 66.6 Å². The van der Waals surface area contributed by atoms with Crippen LogP contribution < -0.4 is 4.72 Å². The third kappa shape index (κ3) is 6.06. The predicted octanol–water partition coefficient (Wildman–Crippen LogP) is 4.93. The number of ether oxygens (including phenoxy) is 1. The molecule has 218 valence electrons. The van der Waals surface area contributed by atoms with Crippen molar-refractivity contribution in [1.29, 1.82) is 0 Å². The maximum Gasteiger partial charge on any atom is 0.232 e. The molecule has 9 nitrogen and oxygen atoms in total. The van der Waals surface area contributed by atoms with Gasteiger partial charge in [0.1, 0.15) is 18.0 Å². The third-order valence-electron chi connectivity index (χ3n) is 7.35. The molecule has 2 aromatic heterocycles. The normalized spacial score (nSPS) is 14.5. The van der Waals surface area contributed by atoms with Crippen LogP contribution in [0.25, 0.3) is 39.0 Å². The Hall–Kier alpha value is -4.13. The number of imidazole rings is 1. The summed E-state index contributed by atoms with van der Waals surface area (Å²) in [5, 5.41) is 4.53. The second-order valence-corrected chi connectivity index (χ2v) is 12.2. The van der Waals surface area contributed by atoms with Crippen LogP contribution in [0.1, 0.15) is 6.92 Å². The van der Waals surface area contributed by atoms with Crippen LogP contribution in [-0.2, 0) is 21.3 Å². The topological polar surface area (TPSA) is 94.3 Å². The fraction of sp³-hybridized carbons (Fsp3) is 0.267. The minimum absolute atomic E-state index is 0.0196. The minimum Gasteiger partial charge on any atom is -0.379 e. The van der Waals surface area contributed by atoms with Gasteiger partial charge in [0.05, 0.1) is 48.4 Å². The van der Waals surface area contributed by atoms with Crippen molar-refractivity contribution < 1.29 is 21.9 Å². The van der Waals surface area contributed by atoms with E-state index in [4.69, 9.17) is 4.74 Å². The van der Waals surface area contributed by atoms with Gasteiger partial charge in [-0.25, -0.2) is 22.2 Å². The SMILES string of the molecule is CCS(=O)(=O)Nc1cc(-c2cc(F)ccc2F)cc(-n2cnc3cc(-c4cnn(CCN5CCOCC5)c4)ccc32)c1. The van der Waals surface area contributed by atoms with Crippen LogP contribution in [0.15, 0.2) is 73.3 Å². The van der Waals surface area contributed by atoms with E-state index in [-0.39, 0.29) is 17.0 Å². The number of morpholine rings is 1. The number of halogens is 2. The molecule has 12 heteroatoms. The molecule has 1 aliphatic heterocycles. The number of aromatic nitrogens is 4. The average Bonchev–Trinajstić information content (AvgIpc) is 3.64. The molecule has 1 aliphatic rings. The van der Waals surface area contributed by atoms with Gasteiger partial charge in [-0.2, -0.15) is 5.10 Å². The molecular weight excluding hydrogens is 562 g/mol. The van der Waals surface area contributed by atoms with Crippen molar-refractivity contribution in [3.63, 3.8) is 0 Å². The van der Waals surface area contributed by atoms with Gasteiger partial charge in [-0.1, -0.05) is 6.07 Å². The van der Waals surface area contributed by atoms with Crippen LogP contribution in [0, 0.1) is 11.6 Å². The molecule has 3 heterocycles. The summed E-state index contributed by atoms with van der Waals surface area (Å²) in [7, 11) is -3.62. The van der Waals surface area contributed by atoms with Gasteiger partial charge in [0.15, 0.2) is 0 Å². The highest BCUT2D eigenvalue weighted by Gasteiger charge is 2.16. The largest absolute Gasteiger partial charge is 0.379 e. The molecule has 0 amide bonds. The Morgan fingerprint density at radius 1 is 0.952 bits per heavy atom. The molecule has 0 radical (unpaired) electrons. The maximum absolute atomic E-state index is 14.7. The zero-order valence-electron chi connectivity index (χ0n) is 23.0. The molecule has 3 aromatic carbocycles. The van der Waals surface area contributed by atoms with Gasteiger partial charge < -0.3 is 4.74 Å². The van der Waals surface area contributed by atoms with Crippen LogP contribution in [-0.4, -0.2) is 71.3 Å². The Bertz CT molecular complexity index is 1850. The summed E-state index contributed by atoms with van der Waals surface area (Å²) in [4.78, 5) is 6.95. The number of anilines is 1. The number of rotatable bonds is 9. The van der Waals surface area contributed by atoms with Crippen molar-refractivity contribution in [2.24, 2.45) is 0 Å². The van der Waals surface area contributed by atoms with Crippen LogP contribution >= 0.6 is 0 Å². The molecule has 6 rings (SSSR count). The molecule has 1 saturated heterocycles. The fourth-order valence-electron chi connectivity index (χ4n) is 5.04. The van der Waals surface area contributed by atoms with E-state index in [1.165, 1.54) is 13.0 Å². The van der Waals surface area contributed by atoms with E-state index in [0.29, 0.717) is 16.8 Å². The molecule has 1 N–H and O–H groups in total. The first kappa shape index (κ1) is 28.0. The number of benzene rings is 3. The smallest absolute Gasteiger partial charge is 0.232 e. The van der Waals surface area contributed by atoms with Gasteiger partial charge >= 0.3 is 0 Å². The molecule has 0 saturated carbocycles. The average molecular weight is 593 g/mol. The van der Waals surface area contributed by atoms with E-state index in [9.17, 15) is 17.2 Å². The molecule has 42 heavy (non-hydrogen) atoms. The van der Waals surface area contributed by atoms with E-state index in [1.54, 1.807) is 23.0 Å². The summed E-state index contributed by atoms with van der Waals surface area (Å²) in [6.45, 7) is 6.59. The van der Waals surface area contributed by atoms with Gasteiger partial charge in [-0.3, -0.25) is 18.9 Å². The van der Waals surface area contributed by atoms with Crippen molar-refractivity contribution in [1.82, 2.24) is 24.2 Å². The monoisotopic (exact) mass is 592 g/mol. The number of nitrogens with one attached hydrogen (secondary N) is 1. The van der Waals surface area contributed by atoms with E-state index < -0.39 is 21.7 Å². The van der Waals surface area contributed by atoms with Crippen molar-refractivity contribution in [3.8, 4) is 27.9 Å². The highest BCUT2D eigenvalue weighted by atomic mass is 32.2. The van der Waals surface area contributed by atoms with E-state index in [1.807, 2.05) is 35.3 Å². The lowest BCUT2D eigenvalue weighted by Crippen LogP contribution is -2.38. The Morgan fingerprint density at radius 3 is 2.60 bits per heavy atom. The molecule has 5 aromatic rings. The lowest BCUT2D eigenvalue weighted by atomic mass is 10.0. The highest BCUT2D eigenvalue weighted by molar-refractivity contribution is 7.92. The minimum atomic E-state index is -3.62. The fourth-order valence-corrected chi connectivity index (χ4v) is 5.66. The van der Waals surface area contributed by atoms with E-state index >= 15 is 0 Å². The number of hydrogen-bond acceptors (Lipinski definition) is 6. The quantitative estimate of drug-likeness (QED) is 0.261. The summed E-state index contributed by atoms with van der Waals surface area (Å²) in [6.07, 6.45) is 5.47. The first-order chi connectivity index (χ1) is 20.3. The standard InChI is InChI=1S/C30H30F2N6O3S/c1-2-42(39,40)35-25-13-22(27-16-24(31)4-5-28(27)32)14-26(17-25)38-20-33-29-15-21(3-6-30(29)38)23-18-34-37(19-23)8-7-36-9-11-41-12-10-36/h3-6,13-20,35H,2,7-12H2,1H3. The van der Waals surface area contributed by atoms with Crippen LogP contribution in [0.2, 0.25) is 0 Å². The summed E-state index contributed by atoms with van der Waals surface area (Å²) < 4.78 is 65.2. The molecule has 0 unspecified atom stereocenters. The first-order valence-corrected chi connectivity index (χ1v) is 15.3. The summed E-state index contributed by atoms with van der Waals surface area (Å²) >= 11 is 0. The Labute approximate surface area is 242 Å². The first-order valence-electron chi connectivity index (χ1n) is 13.7. The summed E-state index contributed by atoms with van der Waals surface area (Å²) in [6, 6.07) is 13.8. The zero-order chi connectivity index (χ0) is 29.3. The maximum atomic E-state index is 14.7. The number of fused-ring (bicyclic) bond motifs is 1. The molecule has 0 bridgehead atoms. The highest BCUT2D eigenvalue weighted by Crippen LogP contribution is 2.32. The summed E-state index contributed by atoms with van der Waals surface area (Å²) in [5.41, 5.74) is 4.51. The molecular formula is C30H30F2N6O3S. The number of hydrogen-bond donors (Lipinski definition) is 1. The third-order valence-corrected chi connectivity index (χ3v) is 8.66. The van der Waals surface area contributed by atoms with E-state index in [2.05, 4.69) is 19.7 Å². The van der Waals surface area contributed by atoms with Crippen molar-refractivity contribution in [2.45, 2.75) is 13.5 Å². The lowest BCUT2D eigenvalue weighted by molar-refractivity contribution is 0.0360. The summed E-state index contributed by atoms with van der Waals surface area (Å²) in [5.74, 6) is -1.36. The van der Waals surface area contributed by atoms with Gasteiger partial charge in [0.2, 0.25) is 10.0 Å². The lowest BCUT2D eigenvalue weighted by Gasteiger charge is -2.26. The van der Waals surface area contributed by atoms with Crippen LogP contribution in [0.5, 0.6) is 0 Å². The molecule has 0 spiro atoms. The number of sulfonamides is 1. The number of nitrogens with zero attached hydrogens (tertiary/aromatic N) is 5. The zero-order valence-corrected chi connectivity index (χ0v) is 23.8. The van der Waals surface area contributed by atoms with Crippen molar-refractivity contribution >= 4 is 26.7 Å². The molecule has 0 atom stereocenters. The molecule has 0 aliphatic carbocycles. The molecule has 1 fully saturated rings. The second kappa shape index (κ2) is 11.6. The Morgan fingerprint density at radius 2 is 1.79 bits per heavy atom. The van der Waals surface area contributed by atoms with Gasteiger partial charge in [0, 0.05) is 42.6 Å². The van der Waals surface area contributed by atoms with Gasteiger partial charge in [0.25, 0.3) is 0 Å². The second-order valence-electron chi connectivity index (χ2n) is 10.2.